The summed E-state index contributed by atoms with van der Waals surface area (Å²) in [6.45, 7) is 4.16. The molecule has 0 saturated heterocycles. The maximum Gasteiger partial charge on any atom is 0.119 e. The molecule has 1 aromatic carbocycles. The Morgan fingerprint density at radius 3 is 2.62 bits per heavy atom. The molecular formula is C14H23NO. The molecule has 16 heavy (non-hydrogen) atoms. The first-order valence-corrected chi connectivity index (χ1v) is 6.19. The molecule has 0 spiro atoms. The summed E-state index contributed by atoms with van der Waals surface area (Å²) in [5.41, 5.74) is 7.90. The highest BCUT2D eigenvalue weighted by Gasteiger charge is 2.04. The lowest BCUT2D eigenvalue weighted by atomic mass is 10.0. The van der Waals surface area contributed by atoms with Crippen LogP contribution in [0.2, 0.25) is 0 Å². The van der Waals surface area contributed by atoms with Crippen LogP contribution in [0, 0.1) is 0 Å². The van der Waals surface area contributed by atoms with Crippen molar-refractivity contribution in [1.82, 2.24) is 0 Å². The van der Waals surface area contributed by atoms with E-state index in [2.05, 4.69) is 13.0 Å². The van der Waals surface area contributed by atoms with Gasteiger partial charge in [0.05, 0.1) is 0 Å². The first kappa shape index (κ1) is 13.0. The molecule has 1 atom stereocenters. The maximum atomic E-state index is 9.86. The summed E-state index contributed by atoms with van der Waals surface area (Å²) in [7, 11) is 0. The van der Waals surface area contributed by atoms with E-state index in [-0.39, 0.29) is 6.04 Å². The highest BCUT2D eigenvalue weighted by Crippen LogP contribution is 2.21. The lowest BCUT2D eigenvalue weighted by molar-refractivity contribution is 0.465. The fourth-order valence-electron chi connectivity index (χ4n) is 1.89. The van der Waals surface area contributed by atoms with Crippen LogP contribution in [0.4, 0.5) is 0 Å². The predicted octanol–water partition coefficient (Wildman–Crippen LogP) is 3.01. The zero-order chi connectivity index (χ0) is 12.0. The van der Waals surface area contributed by atoms with E-state index in [0.29, 0.717) is 5.75 Å². The van der Waals surface area contributed by atoms with Crippen molar-refractivity contribution in [2.45, 2.75) is 52.0 Å². The van der Waals surface area contributed by atoms with Crippen molar-refractivity contribution < 1.29 is 5.11 Å². The normalized spacial score (nSPS) is 12.7. The molecule has 0 aromatic heterocycles. The first-order valence-electron chi connectivity index (χ1n) is 6.19. The summed E-state index contributed by atoms with van der Waals surface area (Å²) >= 11 is 0. The minimum Gasteiger partial charge on any atom is -0.508 e. The Morgan fingerprint density at radius 2 is 2.06 bits per heavy atom. The van der Waals surface area contributed by atoms with E-state index in [0.717, 1.165) is 30.4 Å². The molecule has 90 valence electrons. The molecule has 0 radical (unpaired) electrons. The molecule has 3 N–H and O–H groups in total. The first-order chi connectivity index (χ1) is 7.63. The zero-order valence-electron chi connectivity index (χ0n) is 10.4. The fourth-order valence-corrected chi connectivity index (χ4v) is 1.89. The maximum absolute atomic E-state index is 9.86. The van der Waals surface area contributed by atoms with Gasteiger partial charge in [0.15, 0.2) is 0 Å². The van der Waals surface area contributed by atoms with Crippen LogP contribution in [0.3, 0.4) is 0 Å². The van der Waals surface area contributed by atoms with Crippen LogP contribution in [-0.4, -0.2) is 11.1 Å². The SMILES string of the molecule is CCCCCc1ccc(CC(C)N)cc1O. The van der Waals surface area contributed by atoms with E-state index >= 15 is 0 Å². The van der Waals surface area contributed by atoms with Gasteiger partial charge in [0.25, 0.3) is 0 Å². The summed E-state index contributed by atoms with van der Waals surface area (Å²) in [6.07, 6.45) is 5.38. The molecule has 0 aliphatic heterocycles. The Labute approximate surface area is 98.5 Å². The van der Waals surface area contributed by atoms with Crippen molar-refractivity contribution in [3.8, 4) is 5.75 Å². The van der Waals surface area contributed by atoms with Crippen molar-refractivity contribution >= 4 is 0 Å². The molecule has 2 nitrogen and oxygen atoms in total. The minimum absolute atomic E-state index is 0.144. The van der Waals surface area contributed by atoms with Gasteiger partial charge in [0, 0.05) is 6.04 Å². The molecular weight excluding hydrogens is 198 g/mol. The average Bonchev–Trinajstić information content (AvgIpc) is 2.20. The number of hydrogen-bond donors (Lipinski definition) is 2. The molecule has 0 aliphatic carbocycles. The van der Waals surface area contributed by atoms with E-state index in [1.165, 1.54) is 12.8 Å². The highest BCUT2D eigenvalue weighted by atomic mass is 16.3. The van der Waals surface area contributed by atoms with Crippen molar-refractivity contribution in [3.05, 3.63) is 29.3 Å². The lowest BCUT2D eigenvalue weighted by Gasteiger charge is -2.09. The molecule has 0 aliphatic rings. The van der Waals surface area contributed by atoms with Crippen LogP contribution >= 0.6 is 0 Å². The topological polar surface area (TPSA) is 46.2 Å². The molecule has 1 aromatic rings. The quantitative estimate of drug-likeness (QED) is 0.725. The smallest absolute Gasteiger partial charge is 0.119 e. The van der Waals surface area contributed by atoms with Gasteiger partial charge in [0.1, 0.15) is 5.75 Å². The highest BCUT2D eigenvalue weighted by molar-refractivity contribution is 5.36. The lowest BCUT2D eigenvalue weighted by Crippen LogP contribution is -2.17. The van der Waals surface area contributed by atoms with E-state index in [1.807, 2.05) is 19.1 Å². The Kier molecular flexibility index (Phi) is 5.33. The van der Waals surface area contributed by atoms with E-state index < -0.39 is 0 Å². The third kappa shape index (κ3) is 4.23. The second-order valence-electron chi connectivity index (χ2n) is 4.60. The summed E-state index contributed by atoms with van der Waals surface area (Å²) < 4.78 is 0. The summed E-state index contributed by atoms with van der Waals surface area (Å²) in [5, 5.41) is 9.86. The van der Waals surface area contributed by atoms with Crippen molar-refractivity contribution in [1.29, 1.82) is 0 Å². The Hall–Kier alpha value is -1.02. The van der Waals surface area contributed by atoms with Crippen molar-refractivity contribution in [2.24, 2.45) is 5.73 Å². The van der Waals surface area contributed by atoms with Gasteiger partial charge in [-0.2, -0.15) is 0 Å². The standard InChI is InChI=1S/C14H23NO/c1-3-4-5-6-13-8-7-12(9-11(2)15)10-14(13)16/h7-8,10-11,16H,3-6,9,15H2,1-2H3. The fraction of sp³-hybridized carbons (Fsp3) is 0.571. The average molecular weight is 221 g/mol. The number of rotatable bonds is 6. The van der Waals surface area contributed by atoms with Crippen LogP contribution in [0.15, 0.2) is 18.2 Å². The largest absolute Gasteiger partial charge is 0.508 e. The van der Waals surface area contributed by atoms with Gasteiger partial charge >= 0.3 is 0 Å². The van der Waals surface area contributed by atoms with Gasteiger partial charge in [-0.05, 0) is 43.4 Å². The second kappa shape index (κ2) is 6.54. The number of phenols is 1. The molecule has 0 heterocycles. The molecule has 1 rings (SSSR count). The number of hydrogen-bond acceptors (Lipinski definition) is 2. The number of benzene rings is 1. The third-order valence-corrected chi connectivity index (χ3v) is 2.76. The van der Waals surface area contributed by atoms with Gasteiger partial charge in [-0.1, -0.05) is 31.9 Å². The Balaban J connectivity index is 2.60. The Bertz CT molecular complexity index is 321. The van der Waals surface area contributed by atoms with E-state index in [4.69, 9.17) is 5.73 Å². The molecule has 2 heteroatoms. The third-order valence-electron chi connectivity index (χ3n) is 2.76. The monoisotopic (exact) mass is 221 g/mol. The number of aryl methyl sites for hydroxylation is 1. The molecule has 0 amide bonds. The molecule has 1 unspecified atom stereocenters. The summed E-state index contributed by atoms with van der Waals surface area (Å²) in [6, 6.07) is 6.10. The molecule has 0 fully saturated rings. The van der Waals surface area contributed by atoms with Crippen LogP contribution in [-0.2, 0) is 12.8 Å². The Morgan fingerprint density at radius 1 is 1.31 bits per heavy atom. The summed E-state index contributed by atoms with van der Waals surface area (Å²) in [5.74, 6) is 0.425. The predicted molar refractivity (Wildman–Crippen MR) is 68.7 cm³/mol. The summed E-state index contributed by atoms with van der Waals surface area (Å²) in [4.78, 5) is 0. The number of phenolic OH excluding ortho intramolecular Hbond substituents is 1. The van der Waals surface area contributed by atoms with Crippen LogP contribution < -0.4 is 5.73 Å². The van der Waals surface area contributed by atoms with Crippen LogP contribution in [0.5, 0.6) is 5.75 Å². The van der Waals surface area contributed by atoms with Crippen LogP contribution in [0.1, 0.15) is 44.2 Å². The number of unbranched alkanes of at least 4 members (excludes halogenated alkanes) is 2. The van der Waals surface area contributed by atoms with Crippen molar-refractivity contribution in [2.75, 3.05) is 0 Å². The zero-order valence-corrected chi connectivity index (χ0v) is 10.4. The van der Waals surface area contributed by atoms with Crippen LogP contribution in [0.25, 0.3) is 0 Å². The van der Waals surface area contributed by atoms with Gasteiger partial charge < -0.3 is 10.8 Å². The molecule has 0 bridgehead atoms. The van der Waals surface area contributed by atoms with Gasteiger partial charge in [-0.15, -0.1) is 0 Å². The van der Waals surface area contributed by atoms with Gasteiger partial charge in [-0.25, -0.2) is 0 Å². The molecule has 0 saturated carbocycles. The number of aromatic hydroxyl groups is 1. The second-order valence-corrected chi connectivity index (χ2v) is 4.60. The van der Waals surface area contributed by atoms with E-state index in [1.54, 1.807) is 0 Å². The van der Waals surface area contributed by atoms with Crippen molar-refractivity contribution in [3.63, 3.8) is 0 Å². The minimum atomic E-state index is 0.144. The van der Waals surface area contributed by atoms with Gasteiger partial charge in [0.2, 0.25) is 0 Å². The number of nitrogens with two attached hydrogens (primary N) is 1. The van der Waals surface area contributed by atoms with Gasteiger partial charge in [-0.3, -0.25) is 0 Å². The van der Waals surface area contributed by atoms with E-state index in [9.17, 15) is 5.11 Å².